The van der Waals surface area contributed by atoms with Crippen LogP contribution < -0.4 is 4.74 Å². The van der Waals surface area contributed by atoms with Gasteiger partial charge in [0.2, 0.25) is 0 Å². The lowest BCUT2D eigenvalue weighted by Gasteiger charge is -2.39. The zero-order chi connectivity index (χ0) is 20.9. The van der Waals surface area contributed by atoms with Crippen molar-refractivity contribution >= 4 is 5.97 Å². The highest BCUT2D eigenvalue weighted by molar-refractivity contribution is 5.74. The van der Waals surface area contributed by atoms with E-state index in [1.54, 1.807) is 7.11 Å². The van der Waals surface area contributed by atoms with Crippen molar-refractivity contribution in [3.05, 3.63) is 90.0 Å². The molecule has 1 aliphatic heterocycles. The molecule has 1 fully saturated rings. The van der Waals surface area contributed by atoms with Gasteiger partial charge < -0.3 is 9.84 Å². The van der Waals surface area contributed by atoms with Gasteiger partial charge in [-0.05, 0) is 53.8 Å². The van der Waals surface area contributed by atoms with E-state index in [2.05, 4.69) is 41.3 Å². The number of benzene rings is 3. The Morgan fingerprint density at radius 3 is 2.10 bits per heavy atom. The summed E-state index contributed by atoms with van der Waals surface area (Å²) < 4.78 is 5.32. The van der Waals surface area contributed by atoms with Crippen LogP contribution in [0.4, 0.5) is 0 Å². The molecule has 1 N–H and O–H groups in total. The lowest BCUT2D eigenvalue weighted by molar-refractivity contribution is -0.145. The van der Waals surface area contributed by atoms with Crippen LogP contribution in [0.5, 0.6) is 5.75 Å². The van der Waals surface area contributed by atoms with Crippen LogP contribution in [0, 0.1) is 0 Å². The number of piperidine rings is 1. The highest BCUT2D eigenvalue weighted by Gasteiger charge is 2.35. The molecule has 3 aromatic rings. The minimum atomic E-state index is -0.742. The van der Waals surface area contributed by atoms with Crippen LogP contribution in [0.25, 0.3) is 11.1 Å². The van der Waals surface area contributed by atoms with Crippen LogP contribution >= 0.6 is 0 Å². The van der Waals surface area contributed by atoms with Gasteiger partial charge in [-0.25, -0.2) is 0 Å². The highest BCUT2D eigenvalue weighted by Crippen LogP contribution is 2.35. The highest BCUT2D eigenvalue weighted by atomic mass is 16.5. The maximum Gasteiger partial charge on any atom is 0.320 e. The number of nitrogens with zero attached hydrogens (tertiary/aromatic N) is 1. The van der Waals surface area contributed by atoms with Gasteiger partial charge >= 0.3 is 5.97 Å². The number of rotatable bonds is 6. The maximum atomic E-state index is 12.0. The van der Waals surface area contributed by atoms with Gasteiger partial charge in [-0.2, -0.15) is 0 Å². The normalized spacial score (nSPS) is 18.0. The Bertz CT molecular complexity index is 967. The second kappa shape index (κ2) is 9.14. The van der Waals surface area contributed by atoms with Crippen LogP contribution in [0.1, 0.15) is 36.4 Å². The molecule has 1 heterocycles. The number of ether oxygens (including phenoxy) is 1. The minimum Gasteiger partial charge on any atom is -0.497 e. The average molecular weight is 402 g/mol. The molecule has 1 aliphatic rings. The molecule has 1 saturated heterocycles. The topological polar surface area (TPSA) is 49.8 Å². The van der Waals surface area contributed by atoms with E-state index < -0.39 is 12.0 Å². The summed E-state index contributed by atoms with van der Waals surface area (Å²) in [7, 11) is 1.65. The second-order valence-corrected chi connectivity index (χ2v) is 7.75. The van der Waals surface area contributed by atoms with Crippen molar-refractivity contribution in [3.63, 3.8) is 0 Å². The third-order valence-corrected chi connectivity index (χ3v) is 5.93. The fourth-order valence-corrected chi connectivity index (χ4v) is 4.38. The number of likely N-dealkylation sites (tertiary alicyclic amines) is 1. The Kier molecular flexibility index (Phi) is 6.15. The Morgan fingerprint density at radius 2 is 1.50 bits per heavy atom. The van der Waals surface area contributed by atoms with Gasteiger partial charge in [0.1, 0.15) is 11.8 Å². The summed E-state index contributed by atoms with van der Waals surface area (Å²) in [6, 6.07) is 26.2. The third-order valence-electron chi connectivity index (χ3n) is 5.93. The van der Waals surface area contributed by atoms with E-state index >= 15 is 0 Å². The van der Waals surface area contributed by atoms with Crippen LogP contribution in [0.15, 0.2) is 78.9 Å². The number of hydrogen-bond donors (Lipinski definition) is 1. The first-order chi connectivity index (χ1) is 14.7. The molecule has 0 aromatic heterocycles. The first kappa shape index (κ1) is 20.2. The lowest BCUT2D eigenvalue weighted by Crippen LogP contribution is -2.46. The summed E-state index contributed by atoms with van der Waals surface area (Å²) in [6.07, 6.45) is 2.65. The Balaban J connectivity index is 1.73. The summed E-state index contributed by atoms with van der Waals surface area (Å²) in [6.45, 7) is 0.772. The molecule has 2 atom stereocenters. The number of aliphatic carboxylic acids is 1. The molecular formula is C26H27NO3. The Morgan fingerprint density at radius 1 is 0.900 bits per heavy atom. The van der Waals surface area contributed by atoms with E-state index in [1.165, 1.54) is 5.56 Å². The van der Waals surface area contributed by atoms with E-state index in [4.69, 9.17) is 4.74 Å². The van der Waals surface area contributed by atoms with Crippen molar-refractivity contribution in [2.24, 2.45) is 0 Å². The molecular weight excluding hydrogens is 374 g/mol. The molecule has 0 amide bonds. The van der Waals surface area contributed by atoms with Gasteiger partial charge in [-0.15, -0.1) is 0 Å². The largest absolute Gasteiger partial charge is 0.497 e. The van der Waals surface area contributed by atoms with Crippen LogP contribution in [0.2, 0.25) is 0 Å². The van der Waals surface area contributed by atoms with E-state index in [1.807, 2.05) is 42.5 Å². The van der Waals surface area contributed by atoms with Crippen molar-refractivity contribution in [2.45, 2.75) is 31.3 Å². The van der Waals surface area contributed by atoms with Crippen molar-refractivity contribution in [2.75, 3.05) is 13.7 Å². The molecule has 0 radical (unpaired) electrons. The van der Waals surface area contributed by atoms with E-state index in [9.17, 15) is 9.90 Å². The summed E-state index contributed by atoms with van der Waals surface area (Å²) >= 11 is 0. The van der Waals surface area contributed by atoms with E-state index in [0.29, 0.717) is 6.42 Å². The molecule has 30 heavy (non-hydrogen) atoms. The van der Waals surface area contributed by atoms with Crippen molar-refractivity contribution in [3.8, 4) is 16.9 Å². The van der Waals surface area contributed by atoms with Crippen molar-refractivity contribution in [1.82, 2.24) is 4.90 Å². The van der Waals surface area contributed by atoms with Crippen molar-refractivity contribution in [1.29, 1.82) is 0 Å². The standard InChI is InChI=1S/C26H27NO3/c1-30-23-16-14-22(15-17-23)25(27-18-6-5-9-24(27)26(28)29)21-12-10-20(11-13-21)19-7-3-2-4-8-19/h2-4,7-8,10-17,24-25H,5-6,9,18H2,1H3,(H,28,29). The van der Waals surface area contributed by atoms with Crippen LogP contribution in [-0.2, 0) is 4.79 Å². The smallest absolute Gasteiger partial charge is 0.320 e. The fraction of sp³-hybridized carbons (Fsp3) is 0.269. The molecule has 0 saturated carbocycles. The quantitative estimate of drug-likeness (QED) is 0.602. The monoisotopic (exact) mass is 401 g/mol. The minimum absolute atomic E-state index is 0.109. The van der Waals surface area contributed by atoms with Gasteiger partial charge in [0.25, 0.3) is 0 Å². The molecule has 0 aliphatic carbocycles. The van der Waals surface area contributed by atoms with Crippen LogP contribution in [-0.4, -0.2) is 35.7 Å². The molecule has 4 rings (SSSR count). The maximum absolute atomic E-state index is 12.0. The predicted octanol–water partition coefficient (Wildman–Crippen LogP) is 5.39. The summed E-state index contributed by atoms with van der Waals surface area (Å²) in [5.74, 6) is 0.0551. The molecule has 154 valence electrons. The molecule has 0 bridgehead atoms. The van der Waals surface area contributed by atoms with E-state index in [-0.39, 0.29) is 6.04 Å². The average Bonchev–Trinajstić information content (AvgIpc) is 2.81. The van der Waals surface area contributed by atoms with Gasteiger partial charge in [-0.3, -0.25) is 9.69 Å². The number of methoxy groups -OCH3 is 1. The number of carboxylic acid groups (broad SMARTS) is 1. The molecule has 4 nitrogen and oxygen atoms in total. The molecule has 0 spiro atoms. The number of carbonyl (C=O) groups is 1. The SMILES string of the molecule is COc1ccc(C(c2ccc(-c3ccccc3)cc2)N2CCCCC2C(=O)O)cc1. The van der Waals surface area contributed by atoms with Gasteiger partial charge in [0.05, 0.1) is 13.2 Å². The first-order valence-corrected chi connectivity index (χ1v) is 10.5. The van der Waals surface area contributed by atoms with Gasteiger partial charge in [0.15, 0.2) is 0 Å². The van der Waals surface area contributed by atoms with Gasteiger partial charge in [-0.1, -0.05) is 73.2 Å². The summed E-state index contributed by atoms with van der Waals surface area (Å²) in [5, 5.41) is 9.86. The number of hydrogen-bond acceptors (Lipinski definition) is 3. The van der Waals surface area contributed by atoms with Crippen molar-refractivity contribution < 1.29 is 14.6 Å². The zero-order valence-corrected chi connectivity index (χ0v) is 17.2. The zero-order valence-electron chi connectivity index (χ0n) is 17.2. The predicted molar refractivity (Wildman–Crippen MR) is 119 cm³/mol. The Labute approximate surface area is 177 Å². The summed E-state index contributed by atoms with van der Waals surface area (Å²) in [4.78, 5) is 14.2. The van der Waals surface area contributed by atoms with Gasteiger partial charge in [0, 0.05) is 0 Å². The third kappa shape index (κ3) is 4.24. The van der Waals surface area contributed by atoms with Crippen LogP contribution in [0.3, 0.4) is 0 Å². The lowest BCUT2D eigenvalue weighted by atomic mass is 9.90. The summed E-state index contributed by atoms with van der Waals surface area (Å²) in [5.41, 5.74) is 4.51. The first-order valence-electron chi connectivity index (χ1n) is 10.5. The number of carboxylic acids is 1. The molecule has 4 heteroatoms. The fourth-order valence-electron chi connectivity index (χ4n) is 4.38. The Hall–Kier alpha value is -3.11. The second-order valence-electron chi connectivity index (χ2n) is 7.75. The molecule has 3 aromatic carbocycles. The van der Waals surface area contributed by atoms with E-state index in [0.717, 1.165) is 41.8 Å². The molecule has 2 unspecified atom stereocenters.